The van der Waals surface area contributed by atoms with Crippen molar-refractivity contribution in [1.82, 2.24) is 10.3 Å². The number of ether oxygens (including phenoxy) is 1. The predicted molar refractivity (Wildman–Crippen MR) is 88.4 cm³/mol. The average molecular weight is 349 g/mol. The molecule has 2 N–H and O–H groups in total. The number of rotatable bonds is 5. The molecule has 2 aromatic heterocycles. The van der Waals surface area contributed by atoms with E-state index in [4.69, 9.17) is 9.15 Å². The Labute approximate surface area is 144 Å². The fourth-order valence-corrected chi connectivity index (χ4v) is 1.95. The van der Waals surface area contributed by atoms with Crippen molar-refractivity contribution >= 4 is 17.8 Å². The number of hydrogen-bond donors (Lipinski definition) is 2. The monoisotopic (exact) mass is 349 g/mol. The van der Waals surface area contributed by atoms with Crippen molar-refractivity contribution in [2.75, 3.05) is 5.32 Å². The fourth-order valence-electron chi connectivity index (χ4n) is 1.95. The van der Waals surface area contributed by atoms with Crippen molar-refractivity contribution in [2.45, 2.75) is 38.8 Å². The van der Waals surface area contributed by atoms with E-state index in [2.05, 4.69) is 15.6 Å². The molecule has 0 radical (unpaired) electrons. The molecule has 0 saturated heterocycles. The third-order valence-corrected chi connectivity index (χ3v) is 2.97. The number of amides is 2. The highest BCUT2D eigenvalue weighted by atomic mass is 19.1. The zero-order valence-corrected chi connectivity index (χ0v) is 14.2. The number of aromatic nitrogens is 1. The Kier molecular flexibility index (Phi) is 5.74. The van der Waals surface area contributed by atoms with Gasteiger partial charge in [-0.1, -0.05) is 0 Å². The third kappa shape index (κ3) is 6.25. The molecule has 134 valence electrons. The van der Waals surface area contributed by atoms with Gasteiger partial charge in [-0.25, -0.2) is 14.2 Å². The van der Waals surface area contributed by atoms with Crippen LogP contribution in [-0.4, -0.2) is 28.6 Å². The van der Waals surface area contributed by atoms with Crippen LogP contribution in [0.5, 0.6) is 0 Å². The van der Waals surface area contributed by atoms with Crippen LogP contribution in [0.25, 0.3) is 0 Å². The molecule has 2 aromatic rings. The summed E-state index contributed by atoms with van der Waals surface area (Å²) in [7, 11) is 0. The molecule has 25 heavy (non-hydrogen) atoms. The quantitative estimate of drug-likeness (QED) is 0.866. The van der Waals surface area contributed by atoms with E-state index in [9.17, 15) is 14.0 Å². The minimum absolute atomic E-state index is 0.124. The number of alkyl carbamates (subject to hydrolysis) is 1. The SMILES string of the molecule is CC(C)(C)OC(=O)NC(Cc1ccco1)C(=O)Nc1ccc(F)cn1. The number of nitrogens with zero attached hydrogens (tertiary/aromatic N) is 1. The topological polar surface area (TPSA) is 93.5 Å². The van der Waals surface area contributed by atoms with E-state index in [1.54, 1.807) is 32.9 Å². The summed E-state index contributed by atoms with van der Waals surface area (Å²) in [5.74, 6) is -0.358. The van der Waals surface area contributed by atoms with Crippen LogP contribution in [0, 0.1) is 5.82 Å². The Morgan fingerprint density at radius 2 is 2.08 bits per heavy atom. The van der Waals surface area contributed by atoms with Gasteiger partial charge in [-0.15, -0.1) is 0 Å². The van der Waals surface area contributed by atoms with E-state index in [1.807, 2.05) is 0 Å². The Hall–Kier alpha value is -2.90. The lowest BCUT2D eigenvalue weighted by Crippen LogP contribution is -2.47. The van der Waals surface area contributed by atoms with Gasteiger partial charge >= 0.3 is 6.09 Å². The van der Waals surface area contributed by atoms with Gasteiger partial charge in [-0.2, -0.15) is 0 Å². The van der Waals surface area contributed by atoms with Gasteiger partial charge in [-0.3, -0.25) is 4.79 Å². The first-order valence-corrected chi connectivity index (χ1v) is 7.67. The van der Waals surface area contributed by atoms with Crippen molar-refractivity contribution in [1.29, 1.82) is 0 Å². The van der Waals surface area contributed by atoms with Crippen LogP contribution < -0.4 is 10.6 Å². The lowest BCUT2D eigenvalue weighted by molar-refractivity contribution is -0.118. The smallest absolute Gasteiger partial charge is 0.408 e. The Morgan fingerprint density at radius 1 is 1.32 bits per heavy atom. The second kappa shape index (κ2) is 7.78. The van der Waals surface area contributed by atoms with E-state index < -0.39 is 29.5 Å². The highest BCUT2D eigenvalue weighted by Crippen LogP contribution is 2.11. The van der Waals surface area contributed by atoms with E-state index in [0.717, 1.165) is 6.20 Å². The molecule has 0 aromatic carbocycles. The summed E-state index contributed by atoms with van der Waals surface area (Å²) in [5, 5.41) is 5.03. The summed E-state index contributed by atoms with van der Waals surface area (Å²) in [6.45, 7) is 5.16. The summed E-state index contributed by atoms with van der Waals surface area (Å²) in [4.78, 5) is 28.2. The minimum Gasteiger partial charge on any atom is -0.469 e. The highest BCUT2D eigenvalue weighted by Gasteiger charge is 2.25. The molecule has 8 heteroatoms. The molecule has 1 atom stereocenters. The van der Waals surface area contributed by atoms with E-state index in [1.165, 1.54) is 18.4 Å². The number of furan rings is 1. The van der Waals surface area contributed by atoms with E-state index in [-0.39, 0.29) is 12.2 Å². The molecule has 0 fully saturated rings. The average Bonchev–Trinajstić information content (AvgIpc) is 3.00. The number of carbonyl (C=O) groups is 2. The van der Waals surface area contributed by atoms with E-state index >= 15 is 0 Å². The second-order valence-electron chi connectivity index (χ2n) is 6.33. The van der Waals surface area contributed by atoms with Crippen molar-refractivity contribution in [3.05, 3.63) is 48.3 Å². The molecule has 2 heterocycles. The summed E-state index contributed by atoms with van der Waals surface area (Å²) < 4.78 is 23.3. The van der Waals surface area contributed by atoms with Gasteiger partial charge in [0.05, 0.1) is 12.5 Å². The highest BCUT2D eigenvalue weighted by molar-refractivity contribution is 5.96. The van der Waals surface area contributed by atoms with Gasteiger partial charge in [0.15, 0.2) is 0 Å². The van der Waals surface area contributed by atoms with Crippen molar-refractivity contribution < 1.29 is 23.1 Å². The molecule has 2 amide bonds. The number of hydrogen-bond acceptors (Lipinski definition) is 5. The molecule has 7 nitrogen and oxygen atoms in total. The number of nitrogens with one attached hydrogen (secondary N) is 2. The van der Waals surface area contributed by atoms with Crippen LogP contribution in [0.2, 0.25) is 0 Å². The summed E-state index contributed by atoms with van der Waals surface area (Å²) in [6.07, 6.45) is 1.85. The van der Waals surface area contributed by atoms with Gasteiger partial charge in [0.25, 0.3) is 0 Å². The van der Waals surface area contributed by atoms with Crippen molar-refractivity contribution in [2.24, 2.45) is 0 Å². The molecule has 1 unspecified atom stereocenters. The summed E-state index contributed by atoms with van der Waals surface area (Å²) >= 11 is 0. The fraction of sp³-hybridized carbons (Fsp3) is 0.353. The van der Waals surface area contributed by atoms with Crippen LogP contribution in [0.15, 0.2) is 41.1 Å². The van der Waals surface area contributed by atoms with Crippen LogP contribution in [0.4, 0.5) is 15.0 Å². The van der Waals surface area contributed by atoms with E-state index in [0.29, 0.717) is 5.76 Å². The Bertz CT molecular complexity index is 708. The summed E-state index contributed by atoms with van der Waals surface area (Å²) in [6, 6.07) is 4.91. The standard InChI is InChI=1S/C17H20FN3O4/c1-17(2,3)25-16(23)20-13(9-12-5-4-8-24-12)15(22)21-14-7-6-11(18)10-19-14/h4-8,10,13H,9H2,1-3H3,(H,20,23)(H,19,21,22). The normalized spacial score (nSPS) is 12.3. The van der Waals surface area contributed by atoms with Crippen molar-refractivity contribution in [3.8, 4) is 0 Å². The molecular formula is C17H20FN3O4. The molecule has 0 saturated carbocycles. The lowest BCUT2D eigenvalue weighted by atomic mass is 10.1. The maximum atomic E-state index is 12.9. The number of halogens is 1. The zero-order valence-electron chi connectivity index (χ0n) is 14.2. The number of anilines is 1. The lowest BCUT2D eigenvalue weighted by Gasteiger charge is -2.23. The molecule has 0 aliphatic rings. The predicted octanol–water partition coefficient (Wildman–Crippen LogP) is 2.89. The minimum atomic E-state index is -0.951. The molecule has 0 aliphatic heterocycles. The van der Waals surface area contributed by atoms with Gasteiger partial charge in [-0.05, 0) is 45.0 Å². The first-order valence-electron chi connectivity index (χ1n) is 7.67. The maximum Gasteiger partial charge on any atom is 0.408 e. The first kappa shape index (κ1) is 18.4. The van der Waals surface area contributed by atoms with Gasteiger partial charge in [0, 0.05) is 6.42 Å². The summed E-state index contributed by atoms with van der Waals surface area (Å²) in [5.41, 5.74) is -0.700. The second-order valence-corrected chi connectivity index (χ2v) is 6.33. The Morgan fingerprint density at radius 3 is 2.64 bits per heavy atom. The largest absolute Gasteiger partial charge is 0.469 e. The van der Waals surface area contributed by atoms with Crippen molar-refractivity contribution in [3.63, 3.8) is 0 Å². The van der Waals surface area contributed by atoms with Gasteiger partial charge < -0.3 is 19.8 Å². The van der Waals surface area contributed by atoms with Crippen LogP contribution in [0.3, 0.4) is 0 Å². The van der Waals surface area contributed by atoms with Gasteiger partial charge in [0.2, 0.25) is 5.91 Å². The first-order chi connectivity index (χ1) is 11.7. The van der Waals surface area contributed by atoms with Gasteiger partial charge in [0.1, 0.15) is 29.0 Å². The maximum absolute atomic E-state index is 12.9. The van der Waals surface area contributed by atoms with Crippen LogP contribution >= 0.6 is 0 Å². The number of pyridine rings is 1. The molecular weight excluding hydrogens is 329 g/mol. The molecule has 2 rings (SSSR count). The molecule has 0 bridgehead atoms. The molecule has 0 spiro atoms. The Balaban J connectivity index is 2.08. The molecule has 0 aliphatic carbocycles. The number of carbonyl (C=O) groups excluding carboxylic acids is 2. The third-order valence-electron chi connectivity index (χ3n) is 2.97. The van der Waals surface area contributed by atoms with Crippen LogP contribution in [0.1, 0.15) is 26.5 Å². The van der Waals surface area contributed by atoms with Crippen LogP contribution in [-0.2, 0) is 16.0 Å². The zero-order chi connectivity index (χ0) is 18.4.